The normalized spacial score (nSPS) is 23.4. The van der Waals surface area contributed by atoms with Crippen LogP contribution in [0.3, 0.4) is 0 Å². The number of fused-ring (bicyclic) bond motifs is 3. The Balaban J connectivity index is 1.21. The fraction of sp³-hybridized carbons (Fsp3) is 0.387. The minimum absolute atomic E-state index is 0.0454. The summed E-state index contributed by atoms with van der Waals surface area (Å²) in [5.74, 6) is -1.07. The summed E-state index contributed by atoms with van der Waals surface area (Å²) in [6.45, 7) is 7.79. The number of hydrogen-bond donors (Lipinski definition) is 1. The lowest BCUT2D eigenvalue weighted by molar-refractivity contribution is -0.128. The molecule has 2 aliphatic heterocycles. The summed E-state index contributed by atoms with van der Waals surface area (Å²) in [5, 5.41) is 2.92. The van der Waals surface area contributed by atoms with Crippen molar-refractivity contribution in [1.29, 1.82) is 0 Å². The molecular formula is C31H31F2N5O2. The van der Waals surface area contributed by atoms with Crippen molar-refractivity contribution < 1.29 is 18.4 Å². The number of halogens is 2. The number of rotatable bonds is 5. The first-order valence-electron chi connectivity index (χ1n) is 13.5. The third kappa shape index (κ3) is 4.10. The molecule has 7 nitrogen and oxygen atoms in total. The number of amides is 2. The largest absolute Gasteiger partial charge is 0.310 e. The molecule has 1 unspecified atom stereocenters. The Bertz CT molecular complexity index is 1580. The van der Waals surface area contributed by atoms with Gasteiger partial charge in [-0.3, -0.25) is 19.6 Å². The van der Waals surface area contributed by atoms with Crippen LogP contribution in [0, 0.1) is 17.0 Å². The monoisotopic (exact) mass is 543 g/mol. The summed E-state index contributed by atoms with van der Waals surface area (Å²) >= 11 is 0. The van der Waals surface area contributed by atoms with Gasteiger partial charge in [-0.2, -0.15) is 0 Å². The highest BCUT2D eigenvalue weighted by atomic mass is 19.1. The zero-order valence-corrected chi connectivity index (χ0v) is 23.0. The molecule has 9 heteroatoms. The maximum atomic E-state index is 14.2. The molecule has 2 aromatic heterocycles. The Morgan fingerprint density at radius 2 is 1.80 bits per heavy atom. The average molecular weight is 544 g/mol. The van der Waals surface area contributed by atoms with Crippen molar-refractivity contribution in [2.75, 3.05) is 11.9 Å². The number of aryl methyl sites for hydroxylation is 1. The number of pyridine rings is 2. The van der Waals surface area contributed by atoms with Crippen LogP contribution in [0.4, 0.5) is 14.6 Å². The van der Waals surface area contributed by atoms with E-state index < -0.39 is 28.1 Å². The molecular weight excluding hydrogens is 512 g/mol. The molecule has 40 heavy (non-hydrogen) atoms. The summed E-state index contributed by atoms with van der Waals surface area (Å²) in [7, 11) is 0. The Morgan fingerprint density at radius 3 is 2.52 bits per heavy atom. The molecule has 3 aliphatic rings. The first-order valence-corrected chi connectivity index (χ1v) is 13.5. The number of nitrogens with one attached hydrogen (secondary N) is 1. The van der Waals surface area contributed by atoms with E-state index in [-0.39, 0.29) is 11.8 Å². The van der Waals surface area contributed by atoms with Crippen molar-refractivity contribution in [1.82, 2.24) is 14.9 Å². The van der Waals surface area contributed by atoms with Crippen LogP contribution in [-0.4, -0.2) is 38.9 Å². The number of carbonyl (C=O) groups is 2. The Hall–Kier alpha value is -4.01. The number of aromatic nitrogens is 2. The standard InChI is InChI=1S/C31H31F2N5O2/c1-29(2,3)25-27(39)38(30(4,37-25)20-12-21(32)14-22(33)13-20)10-6-7-18-11-19-15-31(16-24(19)35-17-18)23-8-5-9-34-26(23)36-28(31)40/h5,8-9,11-14,17H,6-7,10,15-16H2,1-4H3,(H,34,36,40)/t30-,31?/m1/s1. The summed E-state index contributed by atoms with van der Waals surface area (Å²) in [5.41, 5.74) is 2.12. The SMILES string of the molecule is CC(C)(C)C1=N[C@@](C)(c2cc(F)cc(F)c2)N(CCCc2cnc3c(c2)CC2(C3)C(=O)Nc3ncccc32)C1=O. The molecule has 1 spiro atoms. The van der Waals surface area contributed by atoms with Crippen molar-refractivity contribution >= 4 is 23.3 Å². The van der Waals surface area contributed by atoms with Gasteiger partial charge in [0.05, 0.1) is 5.41 Å². The van der Waals surface area contributed by atoms with E-state index in [2.05, 4.69) is 16.4 Å². The summed E-state index contributed by atoms with van der Waals surface area (Å²) < 4.78 is 28.4. The van der Waals surface area contributed by atoms with Crippen molar-refractivity contribution in [2.45, 2.75) is 64.5 Å². The molecule has 6 rings (SSSR count). The maximum absolute atomic E-state index is 14.2. The van der Waals surface area contributed by atoms with Crippen molar-refractivity contribution in [3.05, 3.63) is 88.4 Å². The van der Waals surface area contributed by atoms with Gasteiger partial charge in [0.1, 0.15) is 23.2 Å². The van der Waals surface area contributed by atoms with Gasteiger partial charge in [-0.25, -0.2) is 13.8 Å². The lowest BCUT2D eigenvalue weighted by Crippen LogP contribution is -2.44. The lowest BCUT2D eigenvalue weighted by atomic mass is 9.80. The highest BCUT2D eigenvalue weighted by Gasteiger charge is 2.52. The van der Waals surface area contributed by atoms with Gasteiger partial charge in [0, 0.05) is 53.7 Å². The number of anilines is 1. The van der Waals surface area contributed by atoms with Crippen LogP contribution >= 0.6 is 0 Å². The van der Waals surface area contributed by atoms with Gasteiger partial charge >= 0.3 is 0 Å². The summed E-state index contributed by atoms with van der Waals surface area (Å²) in [6, 6.07) is 9.20. The number of carbonyl (C=O) groups excluding carboxylic acids is 2. The van der Waals surface area contributed by atoms with E-state index in [9.17, 15) is 18.4 Å². The second kappa shape index (κ2) is 9.01. The minimum atomic E-state index is -1.22. The third-order valence-electron chi connectivity index (χ3n) is 8.34. The van der Waals surface area contributed by atoms with Gasteiger partial charge in [0.25, 0.3) is 5.91 Å². The lowest BCUT2D eigenvalue weighted by Gasteiger charge is -2.34. The van der Waals surface area contributed by atoms with Crippen LogP contribution < -0.4 is 5.32 Å². The molecule has 1 aliphatic carbocycles. The molecule has 206 valence electrons. The second-order valence-corrected chi connectivity index (χ2v) is 12.2. The molecule has 1 N–H and O–H groups in total. The number of aliphatic imine (C=N–C) groups is 1. The zero-order chi connectivity index (χ0) is 28.4. The van der Waals surface area contributed by atoms with E-state index >= 15 is 0 Å². The third-order valence-corrected chi connectivity index (χ3v) is 8.34. The van der Waals surface area contributed by atoms with Crippen molar-refractivity contribution in [2.24, 2.45) is 10.4 Å². The van der Waals surface area contributed by atoms with E-state index in [1.807, 2.05) is 39.1 Å². The smallest absolute Gasteiger partial charge is 0.270 e. The predicted molar refractivity (Wildman–Crippen MR) is 147 cm³/mol. The Kier molecular flexibility index (Phi) is 5.91. The quantitative estimate of drug-likeness (QED) is 0.497. The topological polar surface area (TPSA) is 87.6 Å². The van der Waals surface area contributed by atoms with Gasteiger partial charge in [0.2, 0.25) is 5.91 Å². The molecule has 4 heterocycles. The van der Waals surface area contributed by atoms with E-state index in [1.54, 1.807) is 18.0 Å². The van der Waals surface area contributed by atoms with Crippen LogP contribution in [0.2, 0.25) is 0 Å². The molecule has 0 saturated carbocycles. The molecule has 3 aromatic rings. The van der Waals surface area contributed by atoms with E-state index in [1.165, 1.54) is 12.1 Å². The van der Waals surface area contributed by atoms with Crippen LogP contribution in [0.5, 0.6) is 0 Å². The zero-order valence-electron chi connectivity index (χ0n) is 23.0. The molecule has 0 radical (unpaired) electrons. The van der Waals surface area contributed by atoms with Crippen LogP contribution in [0.15, 0.2) is 53.8 Å². The Labute approximate surface area is 231 Å². The molecule has 2 atom stereocenters. The van der Waals surface area contributed by atoms with Crippen LogP contribution in [0.25, 0.3) is 0 Å². The molecule has 2 amide bonds. The highest BCUT2D eigenvalue weighted by molar-refractivity contribution is 6.42. The number of hydrogen-bond acceptors (Lipinski definition) is 5. The van der Waals surface area contributed by atoms with Gasteiger partial charge in [0.15, 0.2) is 5.66 Å². The molecule has 0 bridgehead atoms. The van der Waals surface area contributed by atoms with Crippen molar-refractivity contribution in [3.8, 4) is 0 Å². The second-order valence-electron chi connectivity index (χ2n) is 12.2. The molecule has 0 saturated heterocycles. The highest BCUT2D eigenvalue weighted by Crippen LogP contribution is 2.46. The molecule has 1 aromatic carbocycles. The van der Waals surface area contributed by atoms with Gasteiger partial charge in [-0.05, 0) is 55.5 Å². The number of nitrogens with zero attached hydrogens (tertiary/aromatic N) is 4. The fourth-order valence-electron chi connectivity index (χ4n) is 6.25. The first-order chi connectivity index (χ1) is 18.9. The van der Waals surface area contributed by atoms with E-state index in [0.29, 0.717) is 49.3 Å². The minimum Gasteiger partial charge on any atom is -0.310 e. The van der Waals surface area contributed by atoms with Gasteiger partial charge < -0.3 is 10.2 Å². The maximum Gasteiger partial charge on any atom is 0.270 e. The predicted octanol–water partition coefficient (Wildman–Crippen LogP) is 4.88. The average Bonchev–Trinajstić information content (AvgIpc) is 3.49. The van der Waals surface area contributed by atoms with Crippen LogP contribution in [0.1, 0.15) is 62.1 Å². The van der Waals surface area contributed by atoms with E-state index in [0.717, 1.165) is 28.5 Å². The number of benzene rings is 1. The van der Waals surface area contributed by atoms with Gasteiger partial charge in [-0.15, -0.1) is 0 Å². The van der Waals surface area contributed by atoms with Gasteiger partial charge in [-0.1, -0.05) is 32.9 Å². The van der Waals surface area contributed by atoms with Crippen molar-refractivity contribution in [3.63, 3.8) is 0 Å². The fourth-order valence-corrected chi connectivity index (χ4v) is 6.25. The van der Waals surface area contributed by atoms with E-state index in [4.69, 9.17) is 9.98 Å². The Morgan fingerprint density at radius 1 is 1.05 bits per heavy atom. The van der Waals surface area contributed by atoms with Crippen LogP contribution in [-0.2, 0) is 39.9 Å². The molecule has 0 fully saturated rings. The first kappa shape index (κ1) is 26.2. The summed E-state index contributed by atoms with van der Waals surface area (Å²) in [6.07, 6.45) is 5.84. The summed E-state index contributed by atoms with van der Waals surface area (Å²) in [4.78, 5) is 41.9.